The van der Waals surface area contributed by atoms with Crippen LogP contribution >= 0.6 is 0 Å². The van der Waals surface area contributed by atoms with E-state index in [0.717, 1.165) is 32.2 Å². The highest BCUT2D eigenvalue weighted by Crippen LogP contribution is 2.11. The summed E-state index contributed by atoms with van der Waals surface area (Å²) in [6, 6.07) is 0. The molecule has 0 aromatic rings. The summed E-state index contributed by atoms with van der Waals surface area (Å²) < 4.78 is 31.6. The van der Waals surface area contributed by atoms with Crippen molar-refractivity contribution < 1.29 is 17.9 Å². The summed E-state index contributed by atoms with van der Waals surface area (Å²) in [7, 11) is -1.53. The quantitative estimate of drug-likeness (QED) is 0.475. The van der Waals surface area contributed by atoms with Crippen LogP contribution in [0.25, 0.3) is 0 Å². The van der Waals surface area contributed by atoms with Crippen molar-refractivity contribution in [3.63, 3.8) is 0 Å². The van der Waals surface area contributed by atoms with Crippen LogP contribution < -0.4 is 15.4 Å². The van der Waals surface area contributed by atoms with Gasteiger partial charge >= 0.3 is 0 Å². The van der Waals surface area contributed by atoms with Crippen LogP contribution in [0.2, 0.25) is 0 Å². The van der Waals surface area contributed by atoms with Crippen molar-refractivity contribution in [2.24, 2.45) is 0 Å². The molecule has 0 aromatic carbocycles. The molecular formula is C13H27N3O4S. The van der Waals surface area contributed by atoms with Crippen molar-refractivity contribution >= 4 is 15.9 Å². The van der Waals surface area contributed by atoms with E-state index in [2.05, 4.69) is 15.4 Å². The highest BCUT2D eigenvalue weighted by atomic mass is 32.2. The maximum atomic E-state index is 11.8. The fraction of sp³-hybridized carbons (Fsp3) is 0.923. The Morgan fingerprint density at radius 2 is 2.10 bits per heavy atom. The van der Waals surface area contributed by atoms with Gasteiger partial charge in [-0.05, 0) is 39.3 Å². The lowest BCUT2D eigenvalue weighted by atomic mass is 10.1. The van der Waals surface area contributed by atoms with Crippen molar-refractivity contribution in [2.75, 3.05) is 39.0 Å². The van der Waals surface area contributed by atoms with Crippen LogP contribution in [0.4, 0.5) is 0 Å². The minimum Gasteiger partial charge on any atom is -0.377 e. The lowest BCUT2D eigenvalue weighted by Crippen LogP contribution is -2.39. The molecule has 0 bridgehead atoms. The topological polar surface area (TPSA) is 96.5 Å². The third-order valence-corrected chi connectivity index (χ3v) is 4.68. The van der Waals surface area contributed by atoms with Crippen LogP contribution in [0, 0.1) is 0 Å². The summed E-state index contributed by atoms with van der Waals surface area (Å²) in [6.45, 7) is 1.93. The van der Waals surface area contributed by atoms with Gasteiger partial charge in [-0.2, -0.15) is 0 Å². The first-order chi connectivity index (χ1) is 10.0. The van der Waals surface area contributed by atoms with Gasteiger partial charge in [0.1, 0.15) is 0 Å². The number of ether oxygens (including phenoxy) is 1. The maximum Gasteiger partial charge on any atom is 0.220 e. The largest absolute Gasteiger partial charge is 0.377 e. The summed E-state index contributed by atoms with van der Waals surface area (Å²) in [5, 5.41) is 5.57. The number of rotatable bonds is 10. The first kappa shape index (κ1) is 18.3. The summed E-state index contributed by atoms with van der Waals surface area (Å²) >= 11 is 0. The summed E-state index contributed by atoms with van der Waals surface area (Å²) in [4.78, 5) is 11.4. The van der Waals surface area contributed by atoms with E-state index in [1.54, 1.807) is 0 Å². The summed E-state index contributed by atoms with van der Waals surface area (Å²) in [5.74, 6) is -0.214. The van der Waals surface area contributed by atoms with Gasteiger partial charge in [0, 0.05) is 26.1 Å². The van der Waals surface area contributed by atoms with Crippen molar-refractivity contribution in [3.8, 4) is 0 Å². The minimum absolute atomic E-state index is 0.0235. The summed E-state index contributed by atoms with van der Waals surface area (Å²) in [6.07, 6.45) is 4.14. The van der Waals surface area contributed by atoms with Crippen LogP contribution in [0.15, 0.2) is 0 Å². The van der Waals surface area contributed by atoms with Gasteiger partial charge < -0.3 is 15.4 Å². The first-order valence-corrected chi connectivity index (χ1v) is 9.19. The standard InChI is InChI=1S/C13H27N3O4S/c1-14-7-4-6-13(17)15-8-10-21(18,19)16-11-12-5-2-3-9-20-12/h12,14,16H,2-11H2,1H3,(H,15,17). The second-order valence-electron chi connectivity index (χ2n) is 5.21. The molecule has 1 heterocycles. The zero-order valence-corrected chi connectivity index (χ0v) is 13.5. The average molecular weight is 321 g/mol. The molecular weight excluding hydrogens is 294 g/mol. The molecule has 0 spiro atoms. The molecule has 1 rings (SSSR count). The molecule has 1 fully saturated rings. The monoisotopic (exact) mass is 321 g/mol. The lowest BCUT2D eigenvalue weighted by molar-refractivity contribution is -0.121. The fourth-order valence-electron chi connectivity index (χ4n) is 2.10. The van der Waals surface area contributed by atoms with E-state index in [9.17, 15) is 13.2 Å². The van der Waals surface area contributed by atoms with Crippen molar-refractivity contribution in [1.82, 2.24) is 15.4 Å². The highest BCUT2D eigenvalue weighted by molar-refractivity contribution is 7.89. The Balaban J connectivity index is 2.12. The van der Waals surface area contributed by atoms with Gasteiger partial charge in [0.15, 0.2) is 0 Å². The van der Waals surface area contributed by atoms with E-state index < -0.39 is 10.0 Å². The molecule has 0 aromatic heterocycles. The van der Waals surface area contributed by atoms with Gasteiger partial charge in [0.05, 0.1) is 11.9 Å². The molecule has 1 saturated heterocycles. The third kappa shape index (κ3) is 9.02. The molecule has 0 saturated carbocycles. The predicted molar refractivity (Wildman–Crippen MR) is 81.6 cm³/mol. The van der Waals surface area contributed by atoms with Gasteiger partial charge in [-0.15, -0.1) is 0 Å². The molecule has 1 aliphatic rings. The van der Waals surface area contributed by atoms with Crippen LogP contribution in [0.1, 0.15) is 32.1 Å². The van der Waals surface area contributed by atoms with Gasteiger partial charge in [0.2, 0.25) is 15.9 Å². The molecule has 8 heteroatoms. The van der Waals surface area contributed by atoms with E-state index in [4.69, 9.17) is 4.74 Å². The molecule has 1 aliphatic heterocycles. The first-order valence-electron chi connectivity index (χ1n) is 7.54. The number of nitrogens with one attached hydrogen (secondary N) is 3. The van der Waals surface area contributed by atoms with Crippen molar-refractivity contribution in [3.05, 3.63) is 0 Å². The van der Waals surface area contributed by atoms with Crippen molar-refractivity contribution in [2.45, 2.75) is 38.2 Å². The number of carbonyl (C=O) groups is 1. The molecule has 3 N–H and O–H groups in total. The van der Waals surface area contributed by atoms with E-state index in [1.165, 1.54) is 0 Å². The van der Waals surface area contributed by atoms with Crippen LogP contribution in [0.3, 0.4) is 0 Å². The van der Waals surface area contributed by atoms with E-state index >= 15 is 0 Å². The van der Waals surface area contributed by atoms with Crippen LogP contribution in [-0.2, 0) is 19.6 Å². The van der Waals surface area contributed by atoms with Gasteiger partial charge in [0.25, 0.3) is 0 Å². The Hall–Kier alpha value is -0.700. The molecule has 7 nitrogen and oxygen atoms in total. The zero-order chi connectivity index (χ0) is 15.6. The molecule has 1 atom stereocenters. The molecule has 124 valence electrons. The number of carbonyl (C=O) groups excluding carboxylic acids is 1. The fourth-order valence-corrected chi connectivity index (χ4v) is 3.05. The predicted octanol–water partition coefficient (Wildman–Crippen LogP) is -0.409. The molecule has 1 unspecified atom stereocenters. The Morgan fingerprint density at radius 3 is 2.76 bits per heavy atom. The van der Waals surface area contributed by atoms with Crippen molar-refractivity contribution in [1.29, 1.82) is 0 Å². The number of hydrogen-bond donors (Lipinski definition) is 3. The molecule has 21 heavy (non-hydrogen) atoms. The number of sulfonamides is 1. The Labute approximate surface area is 127 Å². The van der Waals surface area contributed by atoms with Crippen LogP contribution in [-0.4, -0.2) is 59.5 Å². The van der Waals surface area contributed by atoms with Gasteiger partial charge in [-0.25, -0.2) is 13.1 Å². The second kappa shape index (κ2) is 10.1. The third-order valence-electron chi connectivity index (χ3n) is 3.33. The lowest BCUT2D eigenvalue weighted by Gasteiger charge is -2.22. The maximum absolute atomic E-state index is 11.8. The van der Waals surface area contributed by atoms with E-state index in [1.807, 2.05) is 7.05 Å². The van der Waals surface area contributed by atoms with E-state index in [0.29, 0.717) is 19.6 Å². The summed E-state index contributed by atoms with van der Waals surface area (Å²) in [5.41, 5.74) is 0. The SMILES string of the molecule is CNCCCC(=O)NCCS(=O)(=O)NCC1CCCCO1. The Morgan fingerprint density at radius 1 is 1.29 bits per heavy atom. The molecule has 0 aliphatic carbocycles. The van der Waals surface area contributed by atoms with E-state index in [-0.39, 0.29) is 24.3 Å². The molecule has 0 radical (unpaired) electrons. The van der Waals surface area contributed by atoms with Gasteiger partial charge in [-0.3, -0.25) is 4.79 Å². The Kier molecular flexibility index (Phi) is 8.82. The second-order valence-corrected chi connectivity index (χ2v) is 7.14. The molecule has 1 amide bonds. The average Bonchev–Trinajstić information content (AvgIpc) is 2.46. The van der Waals surface area contributed by atoms with Gasteiger partial charge in [-0.1, -0.05) is 0 Å². The normalized spacial score (nSPS) is 19.4. The highest BCUT2D eigenvalue weighted by Gasteiger charge is 2.17. The van der Waals surface area contributed by atoms with Crippen LogP contribution in [0.5, 0.6) is 0 Å². The Bertz CT molecular complexity index is 394. The number of amides is 1. The zero-order valence-electron chi connectivity index (χ0n) is 12.7. The minimum atomic E-state index is -3.36. The number of hydrogen-bond acceptors (Lipinski definition) is 5. The smallest absolute Gasteiger partial charge is 0.220 e.